The number of hydrogen-bond acceptors (Lipinski definition) is 5. The van der Waals surface area contributed by atoms with Crippen molar-refractivity contribution in [3.63, 3.8) is 0 Å². The molecule has 2 heterocycles. The Balaban J connectivity index is 2.57. The van der Waals surface area contributed by atoms with Crippen LogP contribution in [0.25, 0.3) is 11.0 Å². The fraction of sp³-hybridized carbons (Fsp3) is 0.417. The van der Waals surface area contributed by atoms with E-state index in [0.717, 1.165) is 4.68 Å². The Morgan fingerprint density at radius 3 is 2.65 bits per heavy atom. The molecule has 0 aromatic carbocycles. The second-order valence-electron chi connectivity index (χ2n) is 5.03. The average molecular weight is 363 g/mol. The monoisotopic (exact) mass is 361 g/mol. The molecule has 0 spiro atoms. The summed E-state index contributed by atoms with van der Waals surface area (Å²) < 4.78 is 11.9. The first-order valence-corrected chi connectivity index (χ1v) is 6.92. The Kier molecular flexibility index (Phi) is 3.93. The van der Waals surface area contributed by atoms with Crippen molar-refractivity contribution in [3.8, 4) is 5.75 Å². The van der Waals surface area contributed by atoms with Crippen molar-refractivity contribution in [3.05, 3.63) is 15.8 Å². The van der Waals surface area contributed by atoms with E-state index in [-0.39, 0.29) is 5.15 Å². The summed E-state index contributed by atoms with van der Waals surface area (Å²) in [6.07, 6.45) is -0.598. The lowest BCUT2D eigenvalue weighted by molar-refractivity contribution is 0.0522. The molecule has 0 unspecified atom stereocenters. The summed E-state index contributed by atoms with van der Waals surface area (Å²) in [6.45, 7) is 5.34. The molecule has 0 radical (unpaired) electrons. The first-order valence-electron chi connectivity index (χ1n) is 5.75. The molecule has 0 amide bonds. The molecule has 2 aromatic heterocycles. The van der Waals surface area contributed by atoms with Crippen molar-refractivity contribution in [2.24, 2.45) is 0 Å². The minimum Gasteiger partial charge on any atom is -0.493 e. The van der Waals surface area contributed by atoms with Crippen LogP contribution in [-0.2, 0) is 4.74 Å². The molecule has 0 bridgehead atoms. The number of carbonyl (C=O) groups excluding carboxylic acids is 1. The first-order chi connectivity index (χ1) is 9.23. The van der Waals surface area contributed by atoms with Gasteiger partial charge in [-0.15, -0.1) is 0 Å². The molecule has 0 fully saturated rings. The fourth-order valence-corrected chi connectivity index (χ4v) is 2.22. The van der Waals surface area contributed by atoms with E-state index in [1.165, 1.54) is 7.11 Å². The maximum atomic E-state index is 12.1. The predicted octanol–water partition coefficient (Wildman–Crippen LogP) is 3.64. The fourth-order valence-electron chi connectivity index (χ4n) is 1.55. The molecule has 108 valence electrons. The number of aromatic nitrogens is 3. The van der Waals surface area contributed by atoms with Crippen LogP contribution >= 0.6 is 27.5 Å². The molecule has 2 aromatic rings. The number of rotatable bonds is 1. The second-order valence-corrected chi connectivity index (χ2v) is 6.14. The SMILES string of the molecule is COc1cc2c(nc1Cl)c(Br)nn2C(=O)OC(C)(C)C. The minimum absolute atomic E-state index is 0.199. The van der Waals surface area contributed by atoms with Gasteiger partial charge in [-0.05, 0) is 36.7 Å². The molecule has 0 atom stereocenters. The van der Waals surface area contributed by atoms with Crippen LogP contribution in [0.3, 0.4) is 0 Å². The van der Waals surface area contributed by atoms with E-state index in [2.05, 4.69) is 26.0 Å². The largest absolute Gasteiger partial charge is 0.493 e. The zero-order chi connectivity index (χ0) is 15.1. The Morgan fingerprint density at radius 2 is 2.10 bits per heavy atom. The van der Waals surface area contributed by atoms with E-state index in [4.69, 9.17) is 21.1 Å². The van der Waals surface area contributed by atoms with Crippen molar-refractivity contribution in [1.82, 2.24) is 14.8 Å². The molecule has 0 saturated heterocycles. The third-order valence-corrected chi connectivity index (χ3v) is 3.13. The van der Waals surface area contributed by atoms with Gasteiger partial charge < -0.3 is 9.47 Å². The van der Waals surface area contributed by atoms with Crippen molar-refractivity contribution < 1.29 is 14.3 Å². The number of methoxy groups -OCH3 is 1. The number of pyridine rings is 1. The smallest absolute Gasteiger partial charge is 0.435 e. The van der Waals surface area contributed by atoms with Crippen LogP contribution in [0, 0.1) is 0 Å². The van der Waals surface area contributed by atoms with Crippen LogP contribution in [0.4, 0.5) is 4.79 Å². The lowest BCUT2D eigenvalue weighted by Crippen LogP contribution is -2.27. The van der Waals surface area contributed by atoms with Crippen LogP contribution in [-0.4, -0.2) is 33.6 Å². The molecular formula is C12H13BrClN3O3. The molecule has 0 aliphatic rings. The molecule has 0 N–H and O–H groups in total. The Morgan fingerprint density at radius 1 is 1.45 bits per heavy atom. The van der Waals surface area contributed by atoms with Gasteiger partial charge in [-0.3, -0.25) is 0 Å². The molecule has 20 heavy (non-hydrogen) atoms. The molecule has 6 nitrogen and oxygen atoms in total. The summed E-state index contributed by atoms with van der Waals surface area (Å²) in [6, 6.07) is 1.59. The number of halogens is 2. The highest BCUT2D eigenvalue weighted by atomic mass is 79.9. The Labute approximate surface area is 129 Å². The van der Waals surface area contributed by atoms with Gasteiger partial charge in [0.05, 0.1) is 7.11 Å². The van der Waals surface area contributed by atoms with Gasteiger partial charge in [0.2, 0.25) is 0 Å². The lowest BCUT2D eigenvalue weighted by Gasteiger charge is -2.19. The maximum Gasteiger partial charge on any atom is 0.435 e. The summed E-state index contributed by atoms with van der Waals surface area (Å²) >= 11 is 9.21. The highest BCUT2D eigenvalue weighted by Crippen LogP contribution is 2.30. The summed E-state index contributed by atoms with van der Waals surface area (Å²) in [4.78, 5) is 16.3. The molecule has 0 aliphatic heterocycles. The number of carbonyl (C=O) groups is 1. The van der Waals surface area contributed by atoms with E-state index in [0.29, 0.717) is 21.4 Å². The van der Waals surface area contributed by atoms with Gasteiger partial charge in [-0.1, -0.05) is 11.6 Å². The lowest BCUT2D eigenvalue weighted by atomic mass is 10.2. The van der Waals surface area contributed by atoms with E-state index in [1.54, 1.807) is 26.8 Å². The summed E-state index contributed by atoms with van der Waals surface area (Å²) in [5.41, 5.74) is 0.292. The number of fused-ring (bicyclic) bond motifs is 1. The minimum atomic E-state index is -0.619. The summed E-state index contributed by atoms with van der Waals surface area (Å²) in [5.74, 6) is 0.358. The normalized spacial score (nSPS) is 11.7. The van der Waals surface area contributed by atoms with Gasteiger partial charge in [-0.25, -0.2) is 9.78 Å². The third-order valence-electron chi connectivity index (χ3n) is 2.32. The zero-order valence-electron chi connectivity index (χ0n) is 11.4. The molecule has 0 saturated carbocycles. The van der Waals surface area contributed by atoms with Crippen molar-refractivity contribution in [2.45, 2.75) is 26.4 Å². The molecule has 0 aliphatic carbocycles. The molecule has 2 rings (SSSR count). The topological polar surface area (TPSA) is 66.2 Å². The molecular weight excluding hydrogens is 350 g/mol. The van der Waals surface area contributed by atoms with Crippen LogP contribution in [0.15, 0.2) is 10.7 Å². The van der Waals surface area contributed by atoms with Gasteiger partial charge in [0.1, 0.15) is 16.6 Å². The number of hydrogen-bond donors (Lipinski definition) is 0. The van der Waals surface area contributed by atoms with Gasteiger partial charge in [0.25, 0.3) is 0 Å². The standard InChI is InChI=1S/C12H13BrClN3O3/c1-12(2,3)20-11(18)17-6-5-7(19-4)10(14)15-8(6)9(13)16-17/h5H,1-4H3. The summed E-state index contributed by atoms with van der Waals surface area (Å²) in [5, 5.41) is 4.27. The van der Waals surface area contributed by atoms with E-state index in [1.807, 2.05) is 0 Å². The van der Waals surface area contributed by atoms with Crippen LogP contribution < -0.4 is 4.74 Å². The van der Waals surface area contributed by atoms with Gasteiger partial charge in [-0.2, -0.15) is 9.78 Å². The van der Waals surface area contributed by atoms with Crippen molar-refractivity contribution in [2.75, 3.05) is 7.11 Å². The van der Waals surface area contributed by atoms with E-state index in [9.17, 15) is 4.79 Å². The van der Waals surface area contributed by atoms with E-state index >= 15 is 0 Å². The van der Waals surface area contributed by atoms with Crippen LogP contribution in [0.2, 0.25) is 5.15 Å². The Bertz CT molecular complexity index is 679. The maximum absolute atomic E-state index is 12.1. The van der Waals surface area contributed by atoms with Gasteiger partial charge >= 0.3 is 6.09 Å². The second kappa shape index (κ2) is 5.21. The number of nitrogens with zero attached hydrogens (tertiary/aromatic N) is 3. The average Bonchev–Trinajstić information content (AvgIpc) is 2.63. The number of ether oxygens (including phenoxy) is 2. The van der Waals surface area contributed by atoms with Crippen molar-refractivity contribution >= 4 is 44.7 Å². The van der Waals surface area contributed by atoms with Crippen LogP contribution in [0.5, 0.6) is 5.75 Å². The predicted molar refractivity (Wildman–Crippen MR) is 78.4 cm³/mol. The summed E-state index contributed by atoms with van der Waals surface area (Å²) in [7, 11) is 1.47. The van der Waals surface area contributed by atoms with Gasteiger partial charge in [0, 0.05) is 6.07 Å². The quantitative estimate of drug-likeness (QED) is 0.725. The highest BCUT2D eigenvalue weighted by Gasteiger charge is 2.23. The Hall–Kier alpha value is -1.34. The first kappa shape index (κ1) is 15.1. The van der Waals surface area contributed by atoms with E-state index < -0.39 is 11.7 Å². The van der Waals surface area contributed by atoms with Gasteiger partial charge in [0.15, 0.2) is 15.5 Å². The van der Waals surface area contributed by atoms with Crippen LogP contribution in [0.1, 0.15) is 20.8 Å². The van der Waals surface area contributed by atoms with Crippen molar-refractivity contribution in [1.29, 1.82) is 0 Å². The zero-order valence-corrected chi connectivity index (χ0v) is 13.7. The molecule has 8 heteroatoms. The highest BCUT2D eigenvalue weighted by molar-refractivity contribution is 9.10. The third kappa shape index (κ3) is 2.88.